The van der Waals surface area contributed by atoms with Crippen molar-refractivity contribution in [2.45, 2.75) is 18.6 Å². The average molecular weight is 526 g/mol. The molecule has 2 saturated heterocycles. The maximum absolute atomic E-state index is 13.3. The van der Waals surface area contributed by atoms with Crippen molar-refractivity contribution in [3.05, 3.63) is 58.1 Å². The maximum atomic E-state index is 13.3. The first-order valence-electron chi connectivity index (χ1n) is 11.4. The molecule has 0 aliphatic carbocycles. The lowest BCUT2D eigenvalue weighted by Gasteiger charge is -2.39. The highest BCUT2D eigenvalue weighted by Crippen LogP contribution is 2.30. The molecule has 0 unspecified atom stereocenters. The summed E-state index contributed by atoms with van der Waals surface area (Å²) in [6, 6.07) is 12.7. The second-order valence-corrected chi connectivity index (χ2v) is 11.5. The number of anilines is 1. The summed E-state index contributed by atoms with van der Waals surface area (Å²) in [6.07, 6.45) is 1.36. The number of ether oxygens (including phenoxy) is 1. The summed E-state index contributed by atoms with van der Waals surface area (Å²) in [5.74, 6) is 0.365. The molecule has 2 aliphatic heterocycles. The summed E-state index contributed by atoms with van der Waals surface area (Å²) in [4.78, 5) is 17.3. The monoisotopic (exact) mass is 525 g/mol. The number of hydrogen-bond acceptors (Lipinski definition) is 5. The second kappa shape index (κ2) is 10.7. The highest BCUT2D eigenvalue weighted by molar-refractivity contribution is 7.88. The van der Waals surface area contributed by atoms with Crippen LogP contribution in [0, 0.1) is 5.92 Å². The van der Waals surface area contributed by atoms with E-state index in [4.69, 9.17) is 27.9 Å². The van der Waals surface area contributed by atoms with Crippen LogP contribution < -0.4 is 9.64 Å². The van der Waals surface area contributed by atoms with E-state index in [1.54, 1.807) is 25.3 Å². The lowest BCUT2D eigenvalue weighted by atomic mass is 9.97. The minimum Gasteiger partial charge on any atom is -0.495 e. The van der Waals surface area contributed by atoms with Crippen molar-refractivity contribution in [2.24, 2.45) is 5.92 Å². The largest absolute Gasteiger partial charge is 0.495 e. The fourth-order valence-corrected chi connectivity index (χ4v) is 6.56. The standard InChI is InChI=1S/C24H29Cl2N3O4S/c1-33-23-7-3-2-6-22(23)27-11-13-28(14-12-27)24(30)19-5-4-10-29(16-19)34(31,32)17-18-8-9-20(25)21(26)15-18/h2-3,6-9,15,19H,4-5,10-14,16-17H2,1H3/t19-/m0/s1. The molecule has 10 heteroatoms. The molecule has 0 radical (unpaired) electrons. The quantitative estimate of drug-likeness (QED) is 0.572. The molecule has 0 spiro atoms. The molecular weight excluding hydrogens is 497 g/mol. The lowest BCUT2D eigenvalue weighted by Crippen LogP contribution is -2.53. The van der Waals surface area contributed by atoms with Crippen LogP contribution >= 0.6 is 23.2 Å². The van der Waals surface area contributed by atoms with Crippen LogP contribution in [0.1, 0.15) is 18.4 Å². The van der Waals surface area contributed by atoms with Crippen LogP contribution in [0.25, 0.3) is 0 Å². The van der Waals surface area contributed by atoms with E-state index in [0.717, 1.165) is 11.4 Å². The number of hydrogen-bond donors (Lipinski definition) is 0. The normalized spacial score (nSPS) is 19.8. The number of amides is 1. The Morgan fingerprint density at radius 1 is 1.03 bits per heavy atom. The van der Waals surface area contributed by atoms with Crippen LogP contribution in [0.4, 0.5) is 5.69 Å². The average Bonchev–Trinajstić information content (AvgIpc) is 2.86. The van der Waals surface area contributed by atoms with Gasteiger partial charge >= 0.3 is 0 Å². The predicted molar refractivity (Wildman–Crippen MR) is 135 cm³/mol. The van der Waals surface area contributed by atoms with Gasteiger partial charge in [0.05, 0.1) is 34.5 Å². The Kier molecular flexibility index (Phi) is 7.92. The number of carbonyl (C=O) groups is 1. The first-order chi connectivity index (χ1) is 16.3. The summed E-state index contributed by atoms with van der Waals surface area (Å²) >= 11 is 12.0. The smallest absolute Gasteiger partial charge is 0.227 e. The van der Waals surface area contributed by atoms with Gasteiger partial charge in [0.2, 0.25) is 15.9 Å². The number of piperazine rings is 1. The van der Waals surface area contributed by atoms with Gasteiger partial charge in [-0.1, -0.05) is 41.4 Å². The summed E-state index contributed by atoms with van der Waals surface area (Å²) in [6.45, 7) is 3.26. The first kappa shape index (κ1) is 25.1. The Labute approximate surface area is 211 Å². The topological polar surface area (TPSA) is 70.2 Å². The van der Waals surface area contributed by atoms with Crippen molar-refractivity contribution in [3.8, 4) is 5.75 Å². The Hall–Kier alpha value is -2.00. The van der Waals surface area contributed by atoms with E-state index in [0.29, 0.717) is 61.2 Å². The van der Waals surface area contributed by atoms with E-state index in [1.165, 1.54) is 4.31 Å². The van der Waals surface area contributed by atoms with Gasteiger partial charge in [-0.25, -0.2) is 12.7 Å². The van der Waals surface area contributed by atoms with Crippen molar-refractivity contribution in [1.82, 2.24) is 9.21 Å². The van der Waals surface area contributed by atoms with Gasteiger partial charge in [0.25, 0.3) is 0 Å². The van der Waals surface area contributed by atoms with Gasteiger partial charge in [-0.05, 0) is 42.7 Å². The van der Waals surface area contributed by atoms with Crippen molar-refractivity contribution in [1.29, 1.82) is 0 Å². The summed E-state index contributed by atoms with van der Waals surface area (Å²) < 4.78 is 33.0. The molecule has 34 heavy (non-hydrogen) atoms. The molecular formula is C24H29Cl2N3O4S. The number of benzene rings is 2. The van der Waals surface area contributed by atoms with Gasteiger partial charge in [0.1, 0.15) is 5.75 Å². The van der Waals surface area contributed by atoms with E-state index in [1.807, 2.05) is 29.2 Å². The number of halogens is 2. The lowest BCUT2D eigenvalue weighted by molar-refractivity contribution is -0.137. The molecule has 0 bridgehead atoms. The Morgan fingerprint density at radius 3 is 2.47 bits per heavy atom. The number of methoxy groups -OCH3 is 1. The second-order valence-electron chi connectivity index (χ2n) is 8.69. The minimum atomic E-state index is -3.58. The molecule has 4 rings (SSSR count). The predicted octanol–water partition coefficient (Wildman–Crippen LogP) is 3.89. The maximum Gasteiger partial charge on any atom is 0.227 e. The van der Waals surface area contributed by atoms with Crippen LogP contribution in [0.5, 0.6) is 5.75 Å². The molecule has 7 nitrogen and oxygen atoms in total. The Bertz CT molecular complexity index is 1140. The molecule has 2 fully saturated rings. The summed E-state index contributed by atoms with van der Waals surface area (Å²) in [5.41, 5.74) is 1.60. The zero-order valence-electron chi connectivity index (χ0n) is 19.1. The molecule has 0 aromatic heterocycles. The van der Waals surface area contributed by atoms with Crippen molar-refractivity contribution >= 4 is 44.8 Å². The van der Waals surface area contributed by atoms with E-state index in [-0.39, 0.29) is 24.1 Å². The van der Waals surface area contributed by atoms with Crippen LogP contribution in [0.2, 0.25) is 10.0 Å². The molecule has 2 aromatic rings. The van der Waals surface area contributed by atoms with E-state index >= 15 is 0 Å². The van der Waals surface area contributed by atoms with Crippen LogP contribution in [-0.2, 0) is 20.6 Å². The third-order valence-corrected chi connectivity index (χ3v) is 9.03. The third kappa shape index (κ3) is 5.62. The number of carbonyl (C=O) groups excluding carboxylic acids is 1. The molecule has 2 aromatic carbocycles. The van der Waals surface area contributed by atoms with Gasteiger partial charge in [0, 0.05) is 39.3 Å². The van der Waals surface area contributed by atoms with Crippen molar-refractivity contribution in [2.75, 3.05) is 51.3 Å². The molecule has 1 amide bonds. The fraction of sp³-hybridized carbons (Fsp3) is 0.458. The number of nitrogens with zero attached hydrogens (tertiary/aromatic N) is 3. The van der Waals surface area contributed by atoms with Crippen LogP contribution in [-0.4, -0.2) is 69.9 Å². The zero-order valence-corrected chi connectivity index (χ0v) is 21.4. The number of para-hydroxylation sites is 2. The van der Waals surface area contributed by atoms with E-state index in [2.05, 4.69) is 4.90 Å². The molecule has 184 valence electrons. The SMILES string of the molecule is COc1ccccc1N1CCN(C(=O)[C@H]2CCCN(S(=O)(=O)Cc3ccc(Cl)c(Cl)c3)C2)CC1. The summed E-state index contributed by atoms with van der Waals surface area (Å²) in [5, 5.41) is 0.714. The van der Waals surface area contributed by atoms with Crippen LogP contribution in [0.3, 0.4) is 0 Å². The van der Waals surface area contributed by atoms with Crippen molar-refractivity contribution < 1.29 is 17.9 Å². The van der Waals surface area contributed by atoms with Crippen molar-refractivity contribution in [3.63, 3.8) is 0 Å². The molecule has 0 saturated carbocycles. The molecule has 2 heterocycles. The minimum absolute atomic E-state index is 0.0362. The first-order valence-corrected chi connectivity index (χ1v) is 13.7. The Balaban J connectivity index is 1.36. The zero-order chi connectivity index (χ0) is 24.3. The third-order valence-electron chi connectivity index (χ3n) is 6.48. The van der Waals surface area contributed by atoms with Gasteiger partial charge in [0.15, 0.2) is 0 Å². The molecule has 0 N–H and O–H groups in total. The van der Waals surface area contributed by atoms with E-state index in [9.17, 15) is 13.2 Å². The number of rotatable bonds is 6. The number of piperidine rings is 1. The number of sulfonamides is 1. The van der Waals surface area contributed by atoms with E-state index < -0.39 is 10.0 Å². The Morgan fingerprint density at radius 2 is 1.76 bits per heavy atom. The van der Waals surface area contributed by atoms with Gasteiger partial charge in [-0.15, -0.1) is 0 Å². The molecule has 2 aliphatic rings. The highest BCUT2D eigenvalue weighted by Gasteiger charge is 2.35. The highest BCUT2D eigenvalue weighted by atomic mass is 35.5. The van der Waals surface area contributed by atoms with Gasteiger partial charge in [-0.3, -0.25) is 4.79 Å². The van der Waals surface area contributed by atoms with Crippen LogP contribution in [0.15, 0.2) is 42.5 Å². The fourth-order valence-electron chi connectivity index (χ4n) is 4.64. The van der Waals surface area contributed by atoms with Gasteiger partial charge in [-0.2, -0.15) is 0 Å². The summed E-state index contributed by atoms with van der Waals surface area (Å²) in [7, 11) is -1.92. The van der Waals surface area contributed by atoms with Gasteiger partial charge < -0.3 is 14.5 Å². The molecule has 1 atom stereocenters.